The third-order valence-corrected chi connectivity index (χ3v) is 4.20. The largest absolute Gasteiger partial charge is 0.485 e. The van der Waals surface area contributed by atoms with E-state index in [2.05, 4.69) is 24.3 Å². The average Bonchev–Trinajstić information content (AvgIpc) is 2.49. The van der Waals surface area contributed by atoms with Crippen molar-refractivity contribution < 1.29 is 4.74 Å². The van der Waals surface area contributed by atoms with Crippen LogP contribution in [-0.4, -0.2) is 4.99 Å². The standard InChI is InChI=1S/C18H19NOS/c1-12-9-10-17(15(11-12)18(19)21)20-16-8-4-6-13-5-2-3-7-14(13)16/h2-3,5,7,9-11,16H,4,6,8H2,1H3,(H2,19,21). The molecule has 2 nitrogen and oxygen atoms in total. The predicted octanol–water partition coefficient (Wildman–Crippen LogP) is 4.09. The highest BCUT2D eigenvalue weighted by Gasteiger charge is 2.22. The zero-order chi connectivity index (χ0) is 14.8. The van der Waals surface area contributed by atoms with Gasteiger partial charge in [-0.15, -0.1) is 0 Å². The normalized spacial score (nSPS) is 17.1. The van der Waals surface area contributed by atoms with E-state index in [1.165, 1.54) is 11.1 Å². The van der Waals surface area contributed by atoms with E-state index in [1.807, 2.05) is 25.1 Å². The average molecular weight is 297 g/mol. The first-order valence-electron chi connectivity index (χ1n) is 7.30. The van der Waals surface area contributed by atoms with Gasteiger partial charge in [0.2, 0.25) is 0 Å². The van der Waals surface area contributed by atoms with Crippen molar-refractivity contribution >= 4 is 17.2 Å². The molecule has 0 saturated heterocycles. The minimum atomic E-state index is 0.0887. The molecule has 0 radical (unpaired) electrons. The van der Waals surface area contributed by atoms with Crippen molar-refractivity contribution in [2.24, 2.45) is 5.73 Å². The van der Waals surface area contributed by atoms with Crippen LogP contribution >= 0.6 is 12.2 Å². The van der Waals surface area contributed by atoms with Gasteiger partial charge in [-0.1, -0.05) is 48.1 Å². The fraction of sp³-hybridized carbons (Fsp3) is 0.278. The monoisotopic (exact) mass is 297 g/mol. The van der Waals surface area contributed by atoms with Crippen LogP contribution in [0.1, 0.15) is 41.2 Å². The molecular weight excluding hydrogens is 278 g/mol. The van der Waals surface area contributed by atoms with Gasteiger partial charge in [-0.3, -0.25) is 0 Å². The van der Waals surface area contributed by atoms with E-state index in [0.29, 0.717) is 4.99 Å². The number of benzene rings is 2. The lowest BCUT2D eigenvalue weighted by atomic mass is 9.89. The quantitative estimate of drug-likeness (QED) is 0.867. The first-order valence-corrected chi connectivity index (χ1v) is 7.71. The molecule has 2 aromatic carbocycles. The Morgan fingerprint density at radius 1 is 1.24 bits per heavy atom. The van der Waals surface area contributed by atoms with Crippen molar-refractivity contribution in [3.05, 3.63) is 64.7 Å². The van der Waals surface area contributed by atoms with Crippen molar-refractivity contribution in [2.45, 2.75) is 32.3 Å². The van der Waals surface area contributed by atoms with E-state index in [0.717, 1.165) is 36.1 Å². The maximum atomic E-state index is 6.26. The second-order valence-corrected chi connectivity index (χ2v) is 6.00. The third kappa shape index (κ3) is 2.93. The lowest BCUT2D eigenvalue weighted by Crippen LogP contribution is -2.18. The van der Waals surface area contributed by atoms with Gasteiger partial charge in [0.15, 0.2) is 0 Å². The molecule has 0 fully saturated rings. The molecule has 0 aliphatic heterocycles. The second kappa shape index (κ2) is 5.86. The molecule has 3 heteroatoms. The summed E-state index contributed by atoms with van der Waals surface area (Å²) in [6.45, 7) is 2.03. The number of ether oxygens (including phenoxy) is 1. The number of hydrogen-bond donors (Lipinski definition) is 1. The van der Waals surface area contributed by atoms with Crippen LogP contribution in [0, 0.1) is 6.92 Å². The molecule has 0 amide bonds. The number of thiocarbonyl (C=S) groups is 1. The van der Waals surface area contributed by atoms with Crippen LogP contribution in [0.2, 0.25) is 0 Å². The van der Waals surface area contributed by atoms with Gasteiger partial charge < -0.3 is 10.5 Å². The SMILES string of the molecule is Cc1ccc(OC2CCCc3ccccc32)c(C(N)=S)c1. The number of nitrogens with two attached hydrogens (primary N) is 1. The molecule has 0 bridgehead atoms. The summed E-state index contributed by atoms with van der Waals surface area (Å²) in [5.41, 5.74) is 10.5. The predicted molar refractivity (Wildman–Crippen MR) is 89.8 cm³/mol. The van der Waals surface area contributed by atoms with Crippen LogP contribution in [0.15, 0.2) is 42.5 Å². The maximum absolute atomic E-state index is 6.26. The molecule has 1 aliphatic carbocycles. The summed E-state index contributed by atoms with van der Waals surface area (Å²) in [6.07, 6.45) is 3.40. The van der Waals surface area contributed by atoms with Crippen LogP contribution in [-0.2, 0) is 6.42 Å². The van der Waals surface area contributed by atoms with Gasteiger partial charge in [0.25, 0.3) is 0 Å². The summed E-state index contributed by atoms with van der Waals surface area (Å²) >= 11 is 5.15. The fourth-order valence-electron chi connectivity index (χ4n) is 2.92. The van der Waals surface area contributed by atoms with Gasteiger partial charge in [0, 0.05) is 0 Å². The van der Waals surface area contributed by atoms with Crippen molar-refractivity contribution in [3.8, 4) is 5.75 Å². The molecule has 0 heterocycles. The molecule has 0 saturated carbocycles. The van der Waals surface area contributed by atoms with E-state index in [9.17, 15) is 0 Å². The summed E-state index contributed by atoms with van der Waals surface area (Å²) in [6, 6.07) is 14.5. The van der Waals surface area contributed by atoms with Crippen molar-refractivity contribution in [1.82, 2.24) is 0 Å². The first-order chi connectivity index (χ1) is 10.1. The van der Waals surface area contributed by atoms with E-state index < -0.39 is 0 Å². The summed E-state index contributed by atoms with van der Waals surface area (Å²) in [5, 5.41) is 0. The Morgan fingerprint density at radius 2 is 2.05 bits per heavy atom. The molecule has 21 heavy (non-hydrogen) atoms. The number of aryl methyl sites for hydroxylation is 2. The molecule has 2 aromatic rings. The van der Waals surface area contributed by atoms with Gasteiger partial charge in [-0.05, 0) is 49.4 Å². The van der Waals surface area contributed by atoms with E-state index in [1.54, 1.807) is 0 Å². The number of rotatable bonds is 3. The first kappa shape index (κ1) is 14.1. The Balaban J connectivity index is 1.93. The molecule has 0 spiro atoms. The van der Waals surface area contributed by atoms with Crippen molar-refractivity contribution in [2.75, 3.05) is 0 Å². The second-order valence-electron chi connectivity index (χ2n) is 5.56. The summed E-state index contributed by atoms with van der Waals surface area (Å²) in [7, 11) is 0. The van der Waals surface area contributed by atoms with Crippen LogP contribution < -0.4 is 10.5 Å². The fourth-order valence-corrected chi connectivity index (χ4v) is 3.08. The van der Waals surface area contributed by atoms with E-state index in [-0.39, 0.29) is 6.10 Å². The number of fused-ring (bicyclic) bond motifs is 1. The molecule has 2 N–H and O–H groups in total. The molecule has 108 valence electrons. The van der Waals surface area contributed by atoms with E-state index >= 15 is 0 Å². The van der Waals surface area contributed by atoms with Crippen LogP contribution in [0.3, 0.4) is 0 Å². The van der Waals surface area contributed by atoms with Crippen molar-refractivity contribution in [1.29, 1.82) is 0 Å². The molecule has 1 aliphatic rings. The summed E-state index contributed by atoms with van der Waals surface area (Å²) in [5.74, 6) is 0.787. The molecule has 3 rings (SSSR count). The molecular formula is C18H19NOS. The highest BCUT2D eigenvalue weighted by Crippen LogP contribution is 2.34. The Labute approximate surface area is 130 Å². The Kier molecular flexibility index (Phi) is 3.93. The van der Waals surface area contributed by atoms with Crippen LogP contribution in [0.4, 0.5) is 0 Å². The zero-order valence-corrected chi connectivity index (χ0v) is 13.0. The Bertz CT molecular complexity index is 681. The highest BCUT2D eigenvalue weighted by molar-refractivity contribution is 7.80. The minimum absolute atomic E-state index is 0.0887. The zero-order valence-electron chi connectivity index (χ0n) is 12.1. The topological polar surface area (TPSA) is 35.2 Å². The Morgan fingerprint density at radius 3 is 2.86 bits per heavy atom. The third-order valence-electron chi connectivity index (χ3n) is 3.98. The lowest BCUT2D eigenvalue weighted by molar-refractivity contribution is 0.183. The van der Waals surface area contributed by atoms with Gasteiger partial charge in [0.1, 0.15) is 16.8 Å². The van der Waals surface area contributed by atoms with Crippen LogP contribution in [0.5, 0.6) is 5.75 Å². The minimum Gasteiger partial charge on any atom is -0.485 e. The highest BCUT2D eigenvalue weighted by atomic mass is 32.1. The summed E-state index contributed by atoms with van der Waals surface area (Å²) in [4.78, 5) is 0.387. The molecule has 1 unspecified atom stereocenters. The van der Waals surface area contributed by atoms with Crippen LogP contribution in [0.25, 0.3) is 0 Å². The lowest BCUT2D eigenvalue weighted by Gasteiger charge is -2.27. The number of hydrogen-bond acceptors (Lipinski definition) is 2. The maximum Gasteiger partial charge on any atom is 0.130 e. The van der Waals surface area contributed by atoms with Gasteiger partial charge >= 0.3 is 0 Å². The molecule has 0 aromatic heterocycles. The van der Waals surface area contributed by atoms with Crippen molar-refractivity contribution in [3.63, 3.8) is 0 Å². The van der Waals surface area contributed by atoms with E-state index in [4.69, 9.17) is 22.7 Å². The molecule has 1 atom stereocenters. The van der Waals surface area contributed by atoms with Gasteiger partial charge in [0.05, 0.1) is 5.56 Å². The summed E-state index contributed by atoms with van der Waals surface area (Å²) < 4.78 is 6.26. The van der Waals surface area contributed by atoms with Gasteiger partial charge in [-0.2, -0.15) is 0 Å². The smallest absolute Gasteiger partial charge is 0.130 e. The Hall–Kier alpha value is -1.87. The van der Waals surface area contributed by atoms with Gasteiger partial charge in [-0.25, -0.2) is 0 Å².